The Morgan fingerprint density at radius 2 is 1.13 bits per heavy atom. The number of hydrogen-bond acceptors (Lipinski definition) is 4. The van der Waals surface area contributed by atoms with Crippen LogP contribution in [-0.2, 0) is 37.3 Å². The third kappa shape index (κ3) is 6.86. The first-order chi connectivity index (χ1) is 32.1. The van der Waals surface area contributed by atoms with Crippen LogP contribution in [0.5, 0.6) is 11.5 Å². The summed E-state index contributed by atoms with van der Waals surface area (Å²) in [7, 11) is 0. The van der Waals surface area contributed by atoms with Crippen LogP contribution in [0.1, 0.15) is 124 Å². The van der Waals surface area contributed by atoms with Crippen LogP contribution in [0.4, 0.5) is 22.7 Å². The fourth-order valence-corrected chi connectivity index (χ4v) is 11.2. The molecule has 0 fully saturated rings. The zero-order valence-corrected chi connectivity index (χ0v) is 42.5. The molecule has 2 bridgehead atoms. The van der Waals surface area contributed by atoms with Crippen LogP contribution in [0.2, 0.25) is 0 Å². The Balaban J connectivity index is 0.00000507. The van der Waals surface area contributed by atoms with E-state index in [9.17, 15) is 0 Å². The van der Waals surface area contributed by atoms with Crippen molar-refractivity contribution in [2.45, 2.75) is 90.4 Å². The molecule has 7 aromatic carbocycles. The van der Waals surface area contributed by atoms with E-state index in [4.69, 9.17) is 9.72 Å². The summed E-state index contributed by atoms with van der Waals surface area (Å²) in [5, 5.41) is 2.25. The minimum atomic E-state index is -0.0967. The van der Waals surface area contributed by atoms with Crippen LogP contribution in [-0.4, -0.2) is 9.55 Å². The Morgan fingerprint density at radius 1 is 0.544 bits per heavy atom. The predicted molar refractivity (Wildman–Crippen MR) is 275 cm³/mol. The Morgan fingerprint density at radius 3 is 1.76 bits per heavy atom. The molecule has 0 amide bonds. The van der Waals surface area contributed by atoms with Gasteiger partial charge in [0.05, 0.1) is 0 Å². The molecule has 2 aromatic heterocycles. The van der Waals surface area contributed by atoms with Gasteiger partial charge in [0, 0.05) is 67.3 Å². The zero-order chi connectivity index (χ0) is 46.1. The smallest absolute Gasteiger partial charge is 0.135 e. The molecular weight excluding hydrogens is 1010 g/mol. The molecule has 0 saturated heterocycles. The minimum Gasteiger partial charge on any atom is -0.509 e. The minimum absolute atomic E-state index is 0. The van der Waals surface area contributed by atoms with Gasteiger partial charge in [-0.1, -0.05) is 170 Å². The number of benzene rings is 7. The fraction of sp³-hybridized carbons (Fsp3) is 0.226. The van der Waals surface area contributed by atoms with Gasteiger partial charge >= 0.3 is 0 Å². The van der Waals surface area contributed by atoms with Crippen LogP contribution in [0.15, 0.2) is 152 Å². The van der Waals surface area contributed by atoms with Gasteiger partial charge in [0.25, 0.3) is 0 Å². The summed E-state index contributed by atoms with van der Waals surface area (Å²) in [5.74, 6) is 2.21. The second-order valence-corrected chi connectivity index (χ2v) is 21.7. The number of fused-ring (bicyclic) bond motifs is 4. The summed E-state index contributed by atoms with van der Waals surface area (Å²) in [6.45, 7) is 22.9. The number of hydrogen-bond donors (Lipinski definition) is 0. The third-order valence-electron chi connectivity index (χ3n) is 14.3. The third-order valence-corrected chi connectivity index (χ3v) is 14.3. The molecule has 3 heterocycles. The number of anilines is 4. The van der Waals surface area contributed by atoms with Crippen molar-refractivity contribution in [2.24, 2.45) is 0 Å². The molecule has 0 spiro atoms. The van der Waals surface area contributed by atoms with Crippen LogP contribution in [0, 0.1) is 18.8 Å². The van der Waals surface area contributed by atoms with E-state index in [1.807, 2.05) is 6.20 Å². The van der Waals surface area contributed by atoms with E-state index in [1.165, 1.54) is 50.2 Å². The number of rotatable bonds is 5. The van der Waals surface area contributed by atoms with Gasteiger partial charge in [-0.2, -0.15) is 6.07 Å². The molecule has 342 valence electrons. The van der Waals surface area contributed by atoms with Gasteiger partial charge in [-0.25, -0.2) is 4.98 Å². The van der Waals surface area contributed by atoms with Crippen molar-refractivity contribution < 1.29 is 25.8 Å². The normalized spacial score (nSPS) is 16.1. The van der Waals surface area contributed by atoms with Crippen LogP contribution in [0.3, 0.4) is 0 Å². The summed E-state index contributed by atoms with van der Waals surface area (Å²) in [4.78, 5) is 9.71. The van der Waals surface area contributed by atoms with Crippen molar-refractivity contribution in [1.29, 1.82) is 0 Å². The van der Waals surface area contributed by atoms with Crippen molar-refractivity contribution >= 4 is 44.6 Å². The number of nitrogens with zero attached hydrogens (tertiary/aromatic N) is 4. The van der Waals surface area contributed by atoms with Gasteiger partial charge < -0.3 is 19.1 Å². The molecular formula is C62H55N4OPt-3. The molecule has 0 saturated carbocycles. The van der Waals surface area contributed by atoms with Crippen molar-refractivity contribution in [2.75, 3.05) is 9.80 Å². The standard InChI is InChI=1S/C62H55N4O.Pt/c1-60(2,3)38-31-32-63-55(33-38)66-50-26-15-14-19-41(50)42-30-29-40(36-53(42)66)67-54-35-39(34-47-56-43-20-10-12-22-45(43)57(58(47)54)46-23-13-11-21-44(46)56)64-37-65(52-28-17-16-27-51(52)64)59-48(61(4,5)6)24-18-25-49(59)62(7,8)9;/h10-34,37,56-57H,1-9H3;/q-3;. The van der Waals surface area contributed by atoms with Crippen LogP contribution >= 0.6 is 0 Å². The average molecular weight is 1070 g/mol. The molecule has 13 rings (SSSR count). The van der Waals surface area contributed by atoms with Gasteiger partial charge in [0.1, 0.15) is 5.82 Å². The van der Waals surface area contributed by atoms with E-state index in [1.54, 1.807) is 0 Å². The maximum Gasteiger partial charge on any atom is 0.135 e. The van der Waals surface area contributed by atoms with Crippen LogP contribution in [0.25, 0.3) is 27.6 Å². The number of pyridine rings is 1. The van der Waals surface area contributed by atoms with Crippen molar-refractivity contribution in [3.63, 3.8) is 0 Å². The maximum absolute atomic E-state index is 7.36. The molecule has 68 heavy (non-hydrogen) atoms. The second kappa shape index (κ2) is 15.8. The zero-order valence-electron chi connectivity index (χ0n) is 40.2. The molecule has 3 aliphatic carbocycles. The van der Waals surface area contributed by atoms with E-state index in [0.29, 0.717) is 11.5 Å². The van der Waals surface area contributed by atoms with Gasteiger partial charge in [-0.05, 0) is 96.8 Å². The Hall–Kier alpha value is -6.42. The van der Waals surface area contributed by atoms with Gasteiger partial charge in [-0.15, -0.1) is 47.6 Å². The first-order valence-corrected chi connectivity index (χ1v) is 23.7. The molecule has 9 aromatic rings. The molecule has 0 atom stereocenters. The molecule has 1 aliphatic heterocycles. The van der Waals surface area contributed by atoms with E-state index >= 15 is 0 Å². The van der Waals surface area contributed by atoms with Crippen molar-refractivity contribution in [3.8, 4) is 17.3 Å². The topological polar surface area (TPSA) is 33.5 Å². The van der Waals surface area contributed by atoms with E-state index in [2.05, 4.69) is 241 Å². The van der Waals surface area contributed by atoms with Crippen LogP contribution < -0.4 is 14.5 Å². The summed E-state index contributed by atoms with van der Waals surface area (Å²) < 4.78 is 9.60. The first-order valence-electron chi connectivity index (χ1n) is 23.7. The van der Waals surface area contributed by atoms with E-state index in [0.717, 1.165) is 50.2 Å². The molecule has 0 radical (unpaired) electrons. The largest absolute Gasteiger partial charge is 0.509 e. The molecule has 0 unspecified atom stereocenters. The van der Waals surface area contributed by atoms with Crippen molar-refractivity contribution in [1.82, 2.24) is 9.55 Å². The first kappa shape index (κ1) is 44.1. The molecule has 6 heteroatoms. The SMILES string of the molecule is CC(C)(C)c1ccnc(-n2c3[c-]c(Oc4[c-]c(N5[CH-]N(c6c(C(C)(C)C)cccc6C(C)(C)C)c6ccccc65)cc5c4C4c6ccccc6C5c5ccccc54)ccc3c3ccccc32)c1.[Pt]. The van der Waals surface area contributed by atoms with Gasteiger partial charge in [0.2, 0.25) is 0 Å². The second-order valence-electron chi connectivity index (χ2n) is 21.7. The molecule has 0 N–H and O–H groups in total. The Bertz CT molecular complexity index is 3390. The monoisotopic (exact) mass is 1070 g/mol. The van der Waals surface area contributed by atoms with Crippen molar-refractivity contribution in [3.05, 3.63) is 221 Å². The number of aromatic nitrogens is 2. The summed E-state index contributed by atoms with van der Waals surface area (Å²) in [6, 6.07) is 60.9. The summed E-state index contributed by atoms with van der Waals surface area (Å²) in [6.07, 6.45) is 1.93. The summed E-state index contributed by atoms with van der Waals surface area (Å²) >= 11 is 0. The fourth-order valence-electron chi connectivity index (χ4n) is 11.2. The maximum atomic E-state index is 7.36. The Kier molecular flexibility index (Phi) is 10.3. The van der Waals surface area contributed by atoms with Gasteiger partial charge in [0.15, 0.2) is 0 Å². The number of ether oxygens (including phenoxy) is 1. The molecule has 4 aliphatic rings. The summed E-state index contributed by atoms with van der Waals surface area (Å²) in [5.41, 5.74) is 17.8. The quantitative estimate of drug-likeness (QED) is 0.161. The Labute approximate surface area is 415 Å². The number of para-hydroxylation sites is 4. The van der Waals surface area contributed by atoms with Gasteiger partial charge in [-0.3, -0.25) is 0 Å². The molecule has 5 nitrogen and oxygen atoms in total. The van der Waals surface area contributed by atoms with E-state index < -0.39 is 0 Å². The predicted octanol–water partition coefficient (Wildman–Crippen LogP) is 15.9. The van der Waals surface area contributed by atoms with E-state index in [-0.39, 0.29) is 49.1 Å². The average Bonchev–Trinajstić information content (AvgIpc) is 3.86.